The Morgan fingerprint density at radius 2 is 1.79 bits per heavy atom. The number of rotatable bonds is 10. The fourth-order valence-electron chi connectivity index (χ4n) is 8.61. The highest BCUT2D eigenvalue weighted by molar-refractivity contribution is 6.03. The third-order valence-electron chi connectivity index (χ3n) is 11.8. The summed E-state index contributed by atoms with van der Waals surface area (Å²) in [6.07, 6.45) is 17.0. The van der Waals surface area contributed by atoms with Crippen LogP contribution in [0.1, 0.15) is 106 Å². The number of carbonyl (C=O) groups excluding carboxylic acids is 2. The second-order valence-electron chi connectivity index (χ2n) is 15.4. The molecule has 1 amide bonds. The number of Topliss-reactive ketones (excluding diaryl/α,β-unsaturated/α-hetero) is 1. The minimum atomic E-state index is -0.295. The highest BCUT2D eigenvalue weighted by Crippen LogP contribution is 2.52. The van der Waals surface area contributed by atoms with Crippen LogP contribution in [0.5, 0.6) is 5.75 Å². The van der Waals surface area contributed by atoms with E-state index in [0.29, 0.717) is 46.7 Å². The van der Waals surface area contributed by atoms with Crippen LogP contribution >= 0.6 is 0 Å². The van der Waals surface area contributed by atoms with Crippen LogP contribution in [0.3, 0.4) is 0 Å². The van der Waals surface area contributed by atoms with Gasteiger partial charge in [0.25, 0.3) is 0 Å². The van der Waals surface area contributed by atoms with Crippen LogP contribution in [0, 0.1) is 16.7 Å². The van der Waals surface area contributed by atoms with Crippen molar-refractivity contribution in [3.05, 3.63) is 65.9 Å². The molecular weight excluding hydrogens is 598 g/mol. The quantitative estimate of drug-likeness (QED) is 0.174. The lowest BCUT2D eigenvalue weighted by Crippen LogP contribution is -2.41. The molecule has 1 spiro atoms. The first-order valence-electron chi connectivity index (χ1n) is 18.2. The highest BCUT2D eigenvalue weighted by Gasteiger charge is 2.55. The number of fused-ring (bicyclic) bond motifs is 1. The third-order valence-corrected chi connectivity index (χ3v) is 11.8. The molecule has 1 aromatic heterocycles. The van der Waals surface area contributed by atoms with Crippen molar-refractivity contribution in [3.63, 3.8) is 0 Å². The molecule has 3 saturated carbocycles. The summed E-state index contributed by atoms with van der Waals surface area (Å²) >= 11 is 0. The molecule has 0 radical (unpaired) electrons. The van der Waals surface area contributed by atoms with Gasteiger partial charge in [0, 0.05) is 31.6 Å². The van der Waals surface area contributed by atoms with Crippen LogP contribution in [0.25, 0.3) is 0 Å². The maximum Gasteiger partial charge on any atom is 0.234 e. The lowest BCUT2D eigenvalue weighted by atomic mass is 9.77. The molecular formula is C40H51N5O3. The number of ketones is 1. The standard InChI is InChI=1S/C40H51N5O3/c1-39(25-29-10-5-4-6-11-29)20-9-12-28(19-21-39)15-18-34(46)30-16-17-32(35(24-30)48-3)42-38-41-26-33-36(43-38)45(31-13-7-8-14-31)27-40(22-23-40)37(47)44(33)2/h4-6,10-11,16-17,24,26,28,31H,7-9,12-15,18-23,25,27H2,1-3H3,(H,41,42,43)/t28?,39-/m1/s1. The second-order valence-corrected chi connectivity index (χ2v) is 15.4. The summed E-state index contributed by atoms with van der Waals surface area (Å²) in [7, 11) is 3.48. The van der Waals surface area contributed by atoms with Gasteiger partial charge in [-0.3, -0.25) is 9.59 Å². The topological polar surface area (TPSA) is 87.7 Å². The van der Waals surface area contributed by atoms with E-state index in [2.05, 4.69) is 52.5 Å². The molecule has 4 aliphatic rings. The Morgan fingerprint density at radius 1 is 1.00 bits per heavy atom. The molecule has 3 aliphatic carbocycles. The van der Waals surface area contributed by atoms with Gasteiger partial charge in [0.1, 0.15) is 11.4 Å². The van der Waals surface area contributed by atoms with Gasteiger partial charge in [0.2, 0.25) is 11.9 Å². The van der Waals surface area contributed by atoms with Gasteiger partial charge in [0.15, 0.2) is 11.6 Å². The fourth-order valence-corrected chi connectivity index (χ4v) is 8.61. The smallest absolute Gasteiger partial charge is 0.234 e. The Bertz CT molecular complexity index is 1630. The molecule has 7 rings (SSSR count). The molecule has 1 aliphatic heterocycles. The first-order valence-corrected chi connectivity index (χ1v) is 18.2. The zero-order chi connectivity index (χ0) is 33.3. The molecule has 3 aromatic rings. The van der Waals surface area contributed by atoms with Crippen molar-refractivity contribution in [2.75, 3.05) is 35.8 Å². The number of hydrogen-bond donors (Lipinski definition) is 1. The van der Waals surface area contributed by atoms with E-state index in [0.717, 1.165) is 56.6 Å². The monoisotopic (exact) mass is 649 g/mol. The number of ether oxygens (including phenoxy) is 1. The van der Waals surface area contributed by atoms with Gasteiger partial charge in [-0.05, 0) is 92.9 Å². The van der Waals surface area contributed by atoms with Gasteiger partial charge in [0.05, 0.1) is 24.4 Å². The van der Waals surface area contributed by atoms with Crippen molar-refractivity contribution >= 4 is 34.8 Å². The highest BCUT2D eigenvalue weighted by atomic mass is 16.5. The van der Waals surface area contributed by atoms with E-state index in [1.807, 2.05) is 25.2 Å². The van der Waals surface area contributed by atoms with Gasteiger partial charge in [-0.1, -0.05) is 62.9 Å². The van der Waals surface area contributed by atoms with Gasteiger partial charge in [-0.25, -0.2) is 4.98 Å². The van der Waals surface area contributed by atoms with E-state index in [4.69, 9.17) is 9.72 Å². The number of amides is 1. The van der Waals surface area contributed by atoms with E-state index in [-0.39, 0.29) is 17.1 Å². The maximum atomic E-state index is 13.4. The van der Waals surface area contributed by atoms with E-state index in [1.54, 1.807) is 18.2 Å². The zero-order valence-corrected chi connectivity index (χ0v) is 29.0. The van der Waals surface area contributed by atoms with E-state index >= 15 is 0 Å². The molecule has 2 aromatic carbocycles. The summed E-state index contributed by atoms with van der Waals surface area (Å²) in [5.41, 5.74) is 3.61. The van der Waals surface area contributed by atoms with Gasteiger partial charge >= 0.3 is 0 Å². The van der Waals surface area contributed by atoms with Crippen molar-refractivity contribution in [2.45, 2.75) is 103 Å². The third kappa shape index (κ3) is 6.81. The Hall–Kier alpha value is -3.94. The van der Waals surface area contributed by atoms with Crippen LogP contribution < -0.4 is 19.9 Å². The molecule has 254 valence electrons. The summed E-state index contributed by atoms with van der Waals surface area (Å²) in [4.78, 5) is 40.6. The Kier molecular flexibility index (Phi) is 9.18. The first-order chi connectivity index (χ1) is 23.3. The SMILES string of the molecule is COc1cc(C(=O)CCC2CCC[C@@](C)(Cc3ccccc3)CC2)ccc1Nc1ncc2c(n1)N(C1CCCC1)CC1(CC1)C(=O)N2C. The number of benzene rings is 2. The molecule has 48 heavy (non-hydrogen) atoms. The van der Waals surface area contributed by atoms with Gasteiger partial charge in [-0.15, -0.1) is 0 Å². The van der Waals surface area contributed by atoms with Crippen molar-refractivity contribution in [1.82, 2.24) is 9.97 Å². The molecule has 0 bridgehead atoms. The molecule has 2 heterocycles. The largest absolute Gasteiger partial charge is 0.495 e. The number of aromatic nitrogens is 2. The predicted octanol–water partition coefficient (Wildman–Crippen LogP) is 8.53. The van der Waals surface area contributed by atoms with Crippen molar-refractivity contribution < 1.29 is 14.3 Å². The number of carbonyl (C=O) groups is 2. The molecule has 1 unspecified atom stereocenters. The number of nitrogens with one attached hydrogen (secondary N) is 1. The van der Waals surface area contributed by atoms with Crippen molar-refractivity contribution in [1.29, 1.82) is 0 Å². The Morgan fingerprint density at radius 3 is 2.54 bits per heavy atom. The van der Waals surface area contributed by atoms with Gasteiger partial charge in [-0.2, -0.15) is 4.98 Å². The lowest BCUT2D eigenvalue weighted by Gasteiger charge is -2.31. The summed E-state index contributed by atoms with van der Waals surface area (Å²) in [6.45, 7) is 3.17. The summed E-state index contributed by atoms with van der Waals surface area (Å²) in [5, 5.41) is 3.36. The average molecular weight is 650 g/mol. The van der Waals surface area contributed by atoms with Crippen molar-refractivity contribution in [2.24, 2.45) is 16.7 Å². The Labute approximate surface area is 285 Å². The minimum absolute atomic E-state index is 0.159. The molecule has 8 nitrogen and oxygen atoms in total. The van der Waals surface area contributed by atoms with Crippen LogP contribution in [-0.2, 0) is 11.2 Å². The molecule has 8 heteroatoms. The van der Waals surface area contributed by atoms with Crippen molar-refractivity contribution in [3.8, 4) is 5.75 Å². The summed E-state index contributed by atoms with van der Waals surface area (Å²) in [5.74, 6) is 2.79. The fraction of sp³-hybridized carbons (Fsp3) is 0.550. The molecule has 2 atom stereocenters. The maximum absolute atomic E-state index is 13.4. The molecule has 3 fully saturated rings. The first kappa shape index (κ1) is 32.6. The van der Waals surface area contributed by atoms with Gasteiger partial charge < -0.3 is 19.9 Å². The summed E-state index contributed by atoms with van der Waals surface area (Å²) < 4.78 is 5.76. The number of nitrogens with zero attached hydrogens (tertiary/aromatic N) is 4. The van der Waals surface area contributed by atoms with E-state index in [9.17, 15) is 9.59 Å². The van der Waals surface area contributed by atoms with Crippen LogP contribution in [0.15, 0.2) is 54.7 Å². The number of anilines is 4. The minimum Gasteiger partial charge on any atom is -0.495 e. The van der Waals surface area contributed by atoms with Crippen LogP contribution in [0.2, 0.25) is 0 Å². The molecule has 1 N–H and O–H groups in total. The van der Waals surface area contributed by atoms with Crippen LogP contribution in [0.4, 0.5) is 23.1 Å². The second kappa shape index (κ2) is 13.5. The summed E-state index contributed by atoms with van der Waals surface area (Å²) in [6, 6.07) is 16.9. The normalized spacial score (nSPS) is 23.8. The number of hydrogen-bond acceptors (Lipinski definition) is 7. The average Bonchev–Trinajstić information content (AvgIpc) is 3.76. The van der Waals surface area contributed by atoms with Crippen LogP contribution in [-0.4, -0.2) is 48.4 Å². The van der Waals surface area contributed by atoms with E-state index in [1.165, 1.54) is 50.5 Å². The molecule has 0 saturated heterocycles. The van der Waals surface area contributed by atoms with E-state index < -0.39 is 0 Å². The predicted molar refractivity (Wildman–Crippen MR) is 191 cm³/mol. The zero-order valence-electron chi connectivity index (χ0n) is 29.0. The Balaban J connectivity index is 1.01. The lowest BCUT2D eigenvalue weighted by molar-refractivity contribution is -0.122. The number of methoxy groups -OCH3 is 1.